The lowest BCUT2D eigenvalue weighted by atomic mass is 10.1. The Bertz CT molecular complexity index is 408. The van der Waals surface area contributed by atoms with Crippen LogP contribution in [0.15, 0.2) is 36.5 Å². The molecule has 0 aromatic carbocycles. The number of carboxylic acid groups (broad SMARTS) is 1. The maximum Gasteiger partial charge on any atom is 0.335 e. The van der Waals surface area contributed by atoms with E-state index < -0.39 is 24.5 Å². The molecule has 6 nitrogen and oxygen atoms in total. The molecule has 2 N–H and O–H groups in total. The van der Waals surface area contributed by atoms with E-state index in [9.17, 15) is 14.4 Å². The first-order chi connectivity index (χ1) is 7.84. The molecule has 0 spiro atoms. The highest BCUT2D eigenvalue weighted by molar-refractivity contribution is 6.08. The molecule has 0 saturated heterocycles. The molecule has 0 rings (SSSR count). The van der Waals surface area contributed by atoms with E-state index >= 15 is 0 Å². The van der Waals surface area contributed by atoms with E-state index in [0.717, 1.165) is 12.2 Å². The smallest absolute Gasteiger partial charge is 0.335 e. The van der Waals surface area contributed by atoms with Gasteiger partial charge in [0, 0.05) is 5.57 Å². The first kappa shape index (κ1) is 14.8. The van der Waals surface area contributed by atoms with Crippen LogP contribution in [0.25, 0.3) is 0 Å². The summed E-state index contributed by atoms with van der Waals surface area (Å²) in [4.78, 5) is 33.8. The van der Waals surface area contributed by atoms with Crippen LogP contribution in [0.4, 0.5) is 0 Å². The Morgan fingerprint density at radius 1 is 1.35 bits per heavy atom. The minimum atomic E-state index is -1.28. The van der Waals surface area contributed by atoms with Crippen LogP contribution in [0.2, 0.25) is 0 Å². The van der Waals surface area contributed by atoms with Crippen molar-refractivity contribution in [1.82, 2.24) is 4.90 Å². The highest BCUT2D eigenvalue weighted by Gasteiger charge is 2.19. The SMILES string of the molecule is C=CC(=O)N(CO)C(=O)C(C)=CC(=C)C(=O)O. The Balaban J connectivity index is 5.03. The molecule has 6 heteroatoms. The lowest BCUT2D eigenvalue weighted by Gasteiger charge is -2.16. The summed E-state index contributed by atoms with van der Waals surface area (Å²) in [6.45, 7) is 6.89. The Labute approximate surface area is 98.2 Å². The van der Waals surface area contributed by atoms with Crippen molar-refractivity contribution in [3.05, 3.63) is 36.5 Å². The van der Waals surface area contributed by atoms with Crippen molar-refractivity contribution in [3.8, 4) is 0 Å². The molecule has 0 radical (unpaired) electrons. The van der Waals surface area contributed by atoms with Crippen molar-refractivity contribution in [2.45, 2.75) is 6.92 Å². The van der Waals surface area contributed by atoms with Gasteiger partial charge in [0.05, 0.1) is 5.57 Å². The topological polar surface area (TPSA) is 94.9 Å². The van der Waals surface area contributed by atoms with Crippen LogP contribution in [0.5, 0.6) is 0 Å². The van der Waals surface area contributed by atoms with Gasteiger partial charge in [0.25, 0.3) is 11.8 Å². The van der Waals surface area contributed by atoms with Gasteiger partial charge in [-0.1, -0.05) is 13.2 Å². The van der Waals surface area contributed by atoms with E-state index in [2.05, 4.69) is 13.2 Å². The normalized spacial score (nSPS) is 10.6. The number of rotatable bonds is 5. The molecule has 17 heavy (non-hydrogen) atoms. The average Bonchev–Trinajstić information content (AvgIpc) is 2.28. The summed E-state index contributed by atoms with van der Waals surface area (Å²) in [7, 11) is 0. The number of carboxylic acids is 1. The molecule has 0 aromatic heterocycles. The molecule has 0 aliphatic rings. The molecule has 0 bridgehead atoms. The van der Waals surface area contributed by atoms with Crippen molar-refractivity contribution < 1.29 is 24.6 Å². The van der Waals surface area contributed by atoms with Crippen molar-refractivity contribution in [2.75, 3.05) is 6.73 Å². The summed E-state index contributed by atoms with van der Waals surface area (Å²) >= 11 is 0. The van der Waals surface area contributed by atoms with Crippen LogP contribution >= 0.6 is 0 Å². The van der Waals surface area contributed by atoms with Gasteiger partial charge in [-0.2, -0.15) is 0 Å². The van der Waals surface area contributed by atoms with E-state index in [1.165, 1.54) is 6.92 Å². The highest BCUT2D eigenvalue weighted by atomic mass is 16.4. The van der Waals surface area contributed by atoms with Gasteiger partial charge in [0.1, 0.15) is 6.73 Å². The molecule has 0 aromatic rings. The van der Waals surface area contributed by atoms with Gasteiger partial charge in [-0.3, -0.25) is 14.5 Å². The van der Waals surface area contributed by atoms with Gasteiger partial charge in [-0.25, -0.2) is 4.79 Å². The zero-order valence-corrected chi connectivity index (χ0v) is 9.34. The number of aliphatic hydroxyl groups excluding tert-OH is 1. The molecule has 0 unspecified atom stereocenters. The molecule has 0 aliphatic carbocycles. The van der Waals surface area contributed by atoms with Gasteiger partial charge in [0.15, 0.2) is 0 Å². The summed E-state index contributed by atoms with van der Waals surface area (Å²) in [5, 5.41) is 17.4. The third-order valence-electron chi connectivity index (χ3n) is 1.83. The first-order valence-corrected chi connectivity index (χ1v) is 4.54. The van der Waals surface area contributed by atoms with Crippen LogP contribution in [-0.4, -0.2) is 39.6 Å². The lowest BCUT2D eigenvalue weighted by molar-refractivity contribution is -0.143. The minimum absolute atomic E-state index is 0.0262. The van der Waals surface area contributed by atoms with Gasteiger partial charge in [-0.15, -0.1) is 0 Å². The fourth-order valence-electron chi connectivity index (χ4n) is 0.942. The van der Waals surface area contributed by atoms with E-state index in [4.69, 9.17) is 10.2 Å². The molecule has 0 saturated carbocycles. The van der Waals surface area contributed by atoms with Gasteiger partial charge >= 0.3 is 5.97 Å². The maximum absolute atomic E-state index is 11.6. The minimum Gasteiger partial charge on any atom is -0.478 e. The Morgan fingerprint density at radius 3 is 2.24 bits per heavy atom. The maximum atomic E-state index is 11.6. The van der Waals surface area contributed by atoms with Gasteiger partial charge in [-0.05, 0) is 19.1 Å². The van der Waals surface area contributed by atoms with Gasteiger partial charge in [0.2, 0.25) is 0 Å². The number of aliphatic carboxylic acids is 1. The van der Waals surface area contributed by atoms with Crippen LogP contribution in [-0.2, 0) is 14.4 Å². The number of amides is 2. The predicted molar refractivity (Wildman–Crippen MR) is 59.7 cm³/mol. The second-order valence-corrected chi connectivity index (χ2v) is 3.07. The summed E-state index contributed by atoms with van der Waals surface area (Å²) in [5.41, 5.74) is -0.318. The third kappa shape index (κ3) is 4.04. The molecule has 0 atom stereocenters. The Hall–Kier alpha value is -2.21. The summed E-state index contributed by atoms with van der Waals surface area (Å²) in [6.07, 6.45) is 1.89. The molecule has 0 fully saturated rings. The predicted octanol–water partition coefficient (Wildman–Crippen LogP) is 0.0645. The van der Waals surface area contributed by atoms with Crippen molar-refractivity contribution in [2.24, 2.45) is 0 Å². The number of hydrogen-bond donors (Lipinski definition) is 2. The van der Waals surface area contributed by atoms with E-state index in [1.807, 2.05) is 0 Å². The van der Waals surface area contributed by atoms with E-state index in [1.54, 1.807) is 0 Å². The summed E-state index contributed by atoms with van der Waals surface area (Å²) in [5.74, 6) is -2.85. The third-order valence-corrected chi connectivity index (χ3v) is 1.83. The molecule has 0 aliphatic heterocycles. The Kier molecular flexibility index (Phi) is 5.56. The number of nitrogens with zero attached hydrogens (tertiary/aromatic N) is 1. The highest BCUT2D eigenvalue weighted by Crippen LogP contribution is 2.06. The second kappa shape index (κ2) is 6.39. The number of hydrogen-bond acceptors (Lipinski definition) is 4. The van der Waals surface area contributed by atoms with Crippen LogP contribution in [0.3, 0.4) is 0 Å². The van der Waals surface area contributed by atoms with Crippen LogP contribution in [0, 0.1) is 0 Å². The molecular formula is C11H13NO5. The van der Waals surface area contributed by atoms with Crippen LogP contribution in [0.1, 0.15) is 6.92 Å². The number of carbonyl (C=O) groups excluding carboxylic acids is 2. The van der Waals surface area contributed by atoms with Crippen LogP contribution < -0.4 is 0 Å². The number of carbonyl (C=O) groups is 3. The zero-order valence-electron chi connectivity index (χ0n) is 9.34. The van der Waals surface area contributed by atoms with Crippen molar-refractivity contribution in [1.29, 1.82) is 0 Å². The van der Waals surface area contributed by atoms with Crippen molar-refractivity contribution >= 4 is 17.8 Å². The molecule has 92 valence electrons. The summed E-state index contributed by atoms with van der Waals surface area (Å²) in [6, 6.07) is 0. The monoisotopic (exact) mass is 239 g/mol. The molecule has 2 amide bonds. The van der Waals surface area contributed by atoms with E-state index in [0.29, 0.717) is 4.90 Å². The Morgan fingerprint density at radius 2 is 1.88 bits per heavy atom. The number of aliphatic hydroxyl groups is 1. The van der Waals surface area contributed by atoms with E-state index in [-0.39, 0.29) is 11.1 Å². The lowest BCUT2D eigenvalue weighted by Crippen LogP contribution is -2.37. The fourth-order valence-corrected chi connectivity index (χ4v) is 0.942. The first-order valence-electron chi connectivity index (χ1n) is 4.54. The zero-order chi connectivity index (χ0) is 13.6. The quantitative estimate of drug-likeness (QED) is 0.402. The number of imide groups is 1. The van der Waals surface area contributed by atoms with Gasteiger partial charge < -0.3 is 10.2 Å². The standard InChI is InChI=1S/C11H13NO5/c1-4-9(14)12(6-13)10(15)7(2)5-8(3)11(16)17/h4-5,13H,1,3,6H2,2H3,(H,16,17). The molecule has 0 heterocycles. The average molecular weight is 239 g/mol. The molecular weight excluding hydrogens is 226 g/mol. The van der Waals surface area contributed by atoms with Crippen molar-refractivity contribution in [3.63, 3.8) is 0 Å². The second-order valence-electron chi connectivity index (χ2n) is 3.07. The fraction of sp³-hybridized carbons (Fsp3) is 0.182. The largest absolute Gasteiger partial charge is 0.478 e. The summed E-state index contributed by atoms with van der Waals surface area (Å²) < 4.78 is 0.